The zero-order valence-electron chi connectivity index (χ0n) is 11.3. The molecule has 20 heavy (non-hydrogen) atoms. The van der Waals surface area contributed by atoms with E-state index in [9.17, 15) is 8.42 Å². The minimum absolute atomic E-state index is 0.0502. The first-order chi connectivity index (χ1) is 9.49. The number of pyridine rings is 1. The summed E-state index contributed by atoms with van der Waals surface area (Å²) in [6.07, 6.45) is 3.62. The van der Waals surface area contributed by atoms with Crippen LogP contribution in [0, 0.1) is 11.3 Å². The summed E-state index contributed by atoms with van der Waals surface area (Å²) in [4.78, 5) is 4.13. The Bertz CT molecular complexity index is 559. The number of sulfonamides is 1. The maximum absolute atomic E-state index is 12.3. The van der Waals surface area contributed by atoms with Crippen molar-refractivity contribution in [3.8, 4) is 0 Å². The number of aryl methyl sites for hydroxylation is 1. The van der Waals surface area contributed by atoms with E-state index in [-0.39, 0.29) is 17.5 Å². The van der Waals surface area contributed by atoms with E-state index in [4.69, 9.17) is 11.1 Å². The fourth-order valence-electron chi connectivity index (χ4n) is 2.36. The average molecular weight is 296 g/mol. The summed E-state index contributed by atoms with van der Waals surface area (Å²) in [6.45, 7) is 0.855. The Hall–Kier alpha value is -1.47. The lowest BCUT2D eigenvalue weighted by molar-refractivity contribution is 0.310. The van der Waals surface area contributed by atoms with E-state index in [0.29, 0.717) is 19.5 Å². The van der Waals surface area contributed by atoms with Crippen LogP contribution in [0.1, 0.15) is 18.5 Å². The lowest BCUT2D eigenvalue weighted by Crippen LogP contribution is -2.44. The van der Waals surface area contributed by atoms with Crippen molar-refractivity contribution in [2.24, 2.45) is 11.7 Å². The molecule has 1 unspecified atom stereocenters. The highest BCUT2D eigenvalue weighted by molar-refractivity contribution is 7.89. The Labute approximate surface area is 119 Å². The maximum atomic E-state index is 12.3. The van der Waals surface area contributed by atoms with Crippen LogP contribution in [0.2, 0.25) is 0 Å². The monoisotopic (exact) mass is 296 g/mol. The molecule has 7 heteroatoms. The third-order valence-corrected chi connectivity index (χ3v) is 5.40. The summed E-state index contributed by atoms with van der Waals surface area (Å²) in [5.74, 6) is -0.0164. The van der Waals surface area contributed by atoms with Gasteiger partial charge in [0.25, 0.3) is 0 Å². The molecule has 0 amide bonds. The quantitative estimate of drug-likeness (QED) is 0.614. The van der Waals surface area contributed by atoms with E-state index in [1.807, 2.05) is 12.1 Å². The molecular weight excluding hydrogens is 276 g/mol. The van der Waals surface area contributed by atoms with Gasteiger partial charge >= 0.3 is 0 Å². The smallest absolute Gasteiger partial charge is 0.214 e. The largest absolute Gasteiger partial charge is 0.387 e. The van der Waals surface area contributed by atoms with Gasteiger partial charge in [0.1, 0.15) is 0 Å². The van der Waals surface area contributed by atoms with Crippen LogP contribution in [-0.2, 0) is 16.4 Å². The third-order valence-electron chi connectivity index (χ3n) is 3.56. The molecule has 110 valence electrons. The number of nitrogens with zero attached hydrogens (tertiary/aromatic N) is 2. The molecule has 2 rings (SSSR count). The minimum atomic E-state index is -3.31. The Morgan fingerprint density at radius 3 is 2.95 bits per heavy atom. The van der Waals surface area contributed by atoms with Crippen LogP contribution in [0.3, 0.4) is 0 Å². The van der Waals surface area contributed by atoms with E-state index in [1.54, 1.807) is 12.3 Å². The van der Waals surface area contributed by atoms with E-state index >= 15 is 0 Å². The molecule has 3 N–H and O–H groups in total. The second-order valence-corrected chi connectivity index (χ2v) is 7.13. The van der Waals surface area contributed by atoms with E-state index < -0.39 is 10.0 Å². The fourth-order valence-corrected chi connectivity index (χ4v) is 3.90. The van der Waals surface area contributed by atoms with Crippen molar-refractivity contribution in [2.45, 2.75) is 19.3 Å². The normalized spacial score (nSPS) is 20.7. The van der Waals surface area contributed by atoms with Gasteiger partial charge in [-0.25, -0.2) is 12.7 Å². The zero-order valence-corrected chi connectivity index (χ0v) is 12.1. The van der Waals surface area contributed by atoms with Crippen LogP contribution in [0.4, 0.5) is 0 Å². The highest BCUT2D eigenvalue weighted by Crippen LogP contribution is 2.19. The van der Waals surface area contributed by atoms with Crippen molar-refractivity contribution >= 4 is 15.9 Å². The summed E-state index contributed by atoms with van der Waals surface area (Å²) in [5.41, 5.74) is 6.26. The Morgan fingerprint density at radius 2 is 2.30 bits per heavy atom. The molecule has 0 spiro atoms. The van der Waals surface area contributed by atoms with Crippen LogP contribution in [0.5, 0.6) is 0 Å². The van der Waals surface area contributed by atoms with E-state index in [2.05, 4.69) is 4.98 Å². The predicted octanol–water partition coefficient (Wildman–Crippen LogP) is 0.602. The van der Waals surface area contributed by atoms with Crippen molar-refractivity contribution in [3.63, 3.8) is 0 Å². The van der Waals surface area contributed by atoms with Crippen LogP contribution >= 0.6 is 0 Å². The number of aromatic nitrogens is 1. The molecular formula is C13H20N4O2S. The van der Waals surface area contributed by atoms with Crippen LogP contribution in [0.15, 0.2) is 24.4 Å². The van der Waals surface area contributed by atoms with Crippen molar-refractivity contribution in [1.82, 2.24) is 9.29 Å². The molecule has 1 fully saturated rings. The highest BCUT2D eigenvalue weighted by Gasteiger charge is 2.29. The van der Waals surface area contributed by atoms with Crippen LogP contribution < -0.4 is 5.73 Å². The van der Waals surface area contributed by atoms with Crippen LogP contribution in [0.25, 0.3) is 0 Å². The zero-order chi connectivity index (χ0) is 14.6. The molecule has 0 aliphatic carbocycles. The molecule has 0 radical (unpaired) electrons. The summed E-state index contributed by atoms with van der Waals surface area (Å²) < 4.78 is 26.1. The number of nitrogens with two attached hydrogens (primary N) is 1. The second kappa shape index (κ2) is 6.32. The summed E-state index contributed by atoms with van der Waals surface area (Å²) in [7, 11) is -3.31. The number of hydrogen-bond donors (Lipinski definition) is 2. The van der Waals surface area contributed by atoms with Gasteiger partial charge in [0.2, 0.25) is 10.0 Å². The predicted molar refractivity (Wildman–Crippen MR) is 77.9 cm³/mol. The highest BCUT2D eigenvalue weighted by atomic mass is 32.2. The molecule has 1 aliphatic rings. The topological polar surface area (TPSA) is 100 Å². The Kier molecular flexibility index (Phi) is 4.72. The van der Waals surface area contributed by atoms with Crippen molar-refractivity contribution in [1.29, 1.82) is 5.41 Å². The average Bonchev–Trinajstić information content (AvgIpc) is 2.46. The van der Waals surface area contributed by atoms with Crippen molar-refractivity contribution < 1.29 is 8.42 Å². The standard InChI is InChI=1S/C13H20N4O2S/c14-13(15)11-4-3-8-17(10-11)20(18,19)9-6-12-5-1-2-7-16-12/h1-2,5,7,11H,3-4,6,8-10H2,(H3,14,15). The second-order valence-electron chi connectivity index (χ2n) is 5.04. The lowest BCUT2D eigenvalue weighted by atomic mass is 9.99. The molecule has 1 atom stereocenters. The van der Waals surface area contributed by atoms with Gasteiger partial charge in [-0.2, -0.15) is 0 Å². The molecule has 1 aliphatic heterocycles. The van der Waals surface area contributed by atoms with Gasteiger partial charge in [0.15, 0.2) is 0 Å². The van der Waals surface area contributed by atoms with Gasteiger partial charge in [0.05, 0.1) is 11.6 Å². The first kappa shape index (κ1) is 14.9. The molecule has 6 nitrogen and oxygen atoms in total. The summed E-state index contributed by atoms with van der Waals surface area (Å²) >= 11 is 0. The number of piperidine rings is 1. The molecule has 0 saturated carbocycles. The minimum Gasteiger partial charge on any atom is -0.387 e. The van der Waals surface area contributed by atoms with Gasteiger partial charge in [-0.15, -0.1) is 0 Å². The third kappa shape index (κ3) is 3.77. The molecule has 1 aromatic rings. The molecule has 1 aromatic heterocycles. The van der Waals surface area contributed by atoms with Gasteiger partial charge in [-0.1, -0.05) is 6.07 Å². The SMILES string of the molecule is N=C(N)C1CCCN(S(=O)(=O)CCc2ccccn2)C1. The van der Waals surface area contributed by atoms with Gasteiger partial charge in [-0.3, -0.25) is 10.4 Å². The van der Waals surface area contributed by atoms with Crippen molar-refractivity contribution in [2.75, 3.05) is 18.8 Å². The van der Waals surface area contributed by atoms with Gasteiger partial charge in [-0.05, 0) is 25.0 Å². The molecule has 1 saturated heterocycles. The molecule has 2 heterocycles. The van der Waals surface area contributed by atoms with Crippen LogP contribution in [-0.4, -0.2) is 42.4 Å². The Balaban J connectivity index is 1.97. The van der Waals surface area contributed by atoms with Crippen molar-refractivity contribution in [3.05, 3.63) is 30.1 Å². The summed E-state index contributed by atoms with van der Waals surface area (Å²) in [6, 6.07) is 5.48. The fraction of sp³-hybridized carbons (Fsp3) is 0.538. The number of hydrogen-bond acceptors (Lipinski definition) is 4. The van der Waals surface area contributed by atoms with Gasteiger partial charge < -0.3 is 5.73 Å². The van der Waals surface area contributed by atoms with E-state index in [0.717, 1.165) is 18.5 Å². The maximum Gasteiger partial charge on any atom is 0.214 e. The van der Waals surface area contributed by atoms with E-state index in [1.165, 1.54) is 4.31 Å². The molecule has 0 bridgehead atoms. The lowest BCUT2D eigenvalue weighted by Gasteiger charge is -2.31. The first-order valence-corrected chi connectivity index (χ1v) is 8.31. The van der Waals surface area contributed by atoms with Gasteiger partial charge in [0, 0.05) is 37.3 Å². The Morgan fingerprint density at radius 1 is 1.50 bits per heavy atom. The number of nitrogens with one attached hydrogen (secondary N) is 1. The first-order valence-electron chi connectivity index (χ1n) is 6.70. The summed E-state index contributed by atoms with van der Waals surface area (Å²) in [5, 5.41) is 7.47. The molecule has 0 aromatic carbocycles. The number of amidine groups is 1. The number of rotatable bonds is 5.